The molecule has 0 heterocycles. The predicted octanol–water partition coefficient (Wildman–Crippen LogP) is 2.43. The van der Waals surface area contributed by atoms with Crippen molar-refractivity contribution in [3.05, 3.63) is 35.6 Å². The molecule has 0 saturated carbocycles. The van der Waals surface area contributed by atoms with Gasteiger partial charge in [-0.1, -0.05) is 18.2 Å². The fourth-order valence-electron chi connectivity index (χ4n) is 1.85. The minimum atomic E-state index is -0.929. The van der Waals surface area contributed by atoms with Crippen LogP contribution in [-0.4, -0.2) is 17.0 Å². The fourth-order valence-corrected chi connectivity index (χ4v) is 1.85. The minimum absolute atomic E-state index is 0.0481. The molecule has 104 valence electrons. The van der Waals surface area contributed by atoms with Crippen molar-refractivity contribution >= 4 is 11.9 Å². The summed E-state index contributed by atoms with van der Waals surface area (Å²) in [4.78, 5) is 22.0. The molecule has 4 nitrogen and oxygen atoms in total. The van der Waals surface area contributed by atoms with Crippen LogP contribution >= 0.6 is 0 Å². The van der Waals surface area contributed by atoms with Gasteiger partial charge >= 0.3 is 5.97 Å². The molecule has 0 aromatic heterocycles. The summed E-state index contributed by atoms with van der Waals surface area (Å²) in [6.45, 7) is 3.42. The molecule has 1 aromatic carbocycles. The van der Waals surface area contributed by atoms with Crippen LogP contribution in [0.3, 0.4) is 0 Å². The van der Waals surface area contributed by atoms with Gasteiger partial charge in [-0.2, -0.15) is 0 Å². The van der Waals surface area contributed by atoms with E-state index in [0.717, 1.165) is 0 Å². The minimum Gasteiger partial charge on any atom is -0.481 e. The second kappa shape index (κ2) is 6.31. The van der Waals surface area contributed by atoms with E-state index in [2.05, 4.69) is 5.32 Å². The van der Waals surface area contributed by atoms with E-state index in [0.29, 0.717) is 5.56 Å². The van der Waals surface area contributed by atoms with Crippen molar-refractivity contribution in [3.63, 3.8) is 0 Å². The first kappa shape index (κ1) is 15.1. The van der Waals surface area contributed by atoms with Gasteiger partial charge in [-0.3, -0.25) is 9.59 Å². The Kier molecular flexibility index (Phi) is 5.03. The molecule has 0 saturated heterocycles. The van der Waals surface area contributed by atoms with Gasteiger partial charge in [0, 0.05) is 18.4 Å². The highest BCUT2D eigenvalue weighted by Crippen LogP contribution is 2.22. The molecule has 0 bridgehead atoms. The van der Waals surface area contributed by atoms with Crippen LogP contribution in [0.1, 0.15) is 38.7 Å². The van der Waals surface area contributed by atoms with E-state index < -0.39 is 11.5 Å². The Morgan fingerprint density at radius 2 is 1.89 bits per heavy atom. The van der Waals surface area contributed by atoms with Crippen LogP contribution in [0.25, 0.3) is 0 Å². The number of nitrogens with one attached hydrogen (secondary N) is 1. The van der Waals surface area contributed by atoms with Crippen LogP contribution < -0.4 is 5.32 Å². The number of hydrogen-bond acceptors (Lipinski definition) is 2. The monoisotopic (exact) mass is 267 g/mol. The Balaban J connectivity index is 2.62. The number of carboxylic acids is 1. The van der Waals surface area contributed by atoms with E-state index in [1.54, 1.807) is 32.0 Å². The van der Waals surface area contributed by atoms with Crippen molar-refractivity contribution < 1.29 is 19.1 Å². The summed E-state index contributed by atoms with van der Waals surface area (Å²) in [5.41, 5.74) is -0.423. The fraction of sp³-hybridized carbons (Fsp3) is 0.429. The number of amides is 1. The Labute approximate surface area is 111 Å². The lowest BCUT2D eigenvalue weighted by molar-refractivity contribution is -0.137. The van der Waals surface area contributed by atoms with Gasteiger partial charge in [0.2, 0.25) is 5.91 Å². The second-order valence-corrected chi connectivity index (χ2v) is 4.90. The lowest BCUT2D eigenvalue weighted by Crippen LogP contribution is -2.41. The van der Waals surface area contributed by atoms with Gasteiger partial charge in [-0.15, -0.1) is 0 Å². The SMILES string of the molecule is CC(C)(NC(=O)CCCC(=O)O)c1ccccc1F. The maximum Gasteiger partial charge on any atom is 0.303 e. The lowest BCUT2D eigenvalue weighted by atomic mass is 9.93. The number of hydrogen-bond donors (Lipinski definition) is 2. The number of benzene rings is 1. The number of rotatable bonds is 6. The Morgan fingerprint density at radius 3 is 2.47 bits per heavy atom. The van der Waals surface area contributed by atoms with Crippen molar-refractivity contribution in [1.29, 1.82) is 0 Å². The van der Waals surface area contributed by atoms with Crippen LogP contribution in [0, 0.1) is 5.82 Å². The maximum atomic E-state index is 13.7. The summed E-state index contributed by atoms with van der Waals surface area (Å²) >= 11 is 0. The van der Waals surface area contributed by atoms with Crippen LogP contribution in [0.4, 0.5) is 4.39 Å². The number of halogens is 1. The standard InChI is InChI=1S/C14H18FNO3/c1-14(2,10-6-3-4-7-11(10)15)16-12(17)8-5-9-13(18)19/h3-4,6-7H,5,8-9H2,1-2H3,(H,16,17)(H,18,19). The second-order valence-electron chi connectivity index (χ2n) is 4.90. The first-order chi connectivity index (χ1) is 8.83. The maximum absolute atomic E-state index is 13.7. The summed E-state index contributed by atoms with van der Waals surface area (Å²) in [7, 11) is 0. The summed E-state index contributed by atoms with van der Waals surface area (Å²) in [6, 6.07) is 6.25. The van der Waals surface area contributed by atoms with Crippen LogP contribution in [-0.2, 0) is 15.1 Å². The quantitative estimate of drug-likeness (QED) is 0.832. The number of carboxylic acid groups (broad SMARTS) is 1. The Hall–Kier alpha value is -1.91. The van der Waals surface area contributed by atoms with E-state index in [4.69, 9.17) is 5.11 Å². The molecule has 2 N–H and O–H groups in total. The van der Waals surface area contributed by atoms with E-state index in [-0.39, 0.29) is 31.0 Å². The van der Waals surface area contributed by atoms with Gasteiger partial charge in [0.25, 0.3) is 0 Å². The summed E-state index contributed by atoms with van der Waals surface area (Å²) in [6.07, 6.45) is 0.340. The molecular formula is C14H18FNO3. The molecule has 0 radical (unpaired) electrons. The van der Waals surface area contributed by atoms with Gasteiger partial charge in [0.15, 0.2) is 0 Å². The van der Waals surface area contributed by atoms with Gasteiger partial charge in [-0.25, -0.2) is 4.39 Å². The van der Waals surface area contributed by atoms with Crippen molar-refractivity contribution in [2.24, 2.45) is 0 Å². The molecule has 1 aromatic rings. The average molecular weight is 267 g/mol. The van der Waals surface area contributed by atoms with Crippen molar-refractivity contribution in [2.75, 3.05) is 0 Å². The van der Waals surface area contributed by atoms with E-state index in [9.17, 15) is 14.0 Å². The Morgan fingerprint density at radius 1 is 1.26 bits per heavy atom. The zero-order chi connectivity index (χ0) is 14.5. The van der Waals surface area contributed by atoms with Crippen molar-refractivity contribution in [3.8, 4) is 0 Å². The molecule has 0 aliphatic rings. The smallest absolute Gasteiger partial charge is 0.303 e. The normalized spacial score (nSPS) is 11.1. The molecule has 1 rings (SSSR count). The van der Waals surface area contributed by atoms with Crippen molar-refractivity contribution in [2.45, 2.75) is 38.6 Å². The van der Waals surface area contributed by atoms with Gasteiger partial charge in [0.05, 0.1) is 5.54 Å². The number of carbonyl (C=O) groups excluding carboxylic acids is 1. The highest BCUT2D eigenvalue weighted by Gasteiger charge is 2.25. The molecule has 19 heavy (non-hydrogen) atoms. The van der Waals surface area contributed by atoms with Crippen molar-refractivity contribution in [1.82, 2.24) is 5.32 Å². The molecule has 0 unspecified atom stereocenters. The number of aliphatic carboxylic acids is 1. The lowest BCUT2D eigenvalue weighted by Gasteiger charge is -2.27. The van der Waals surface area contributed by atoms with Gasteiger partial charge < -0.3 is 10.4 Å². The summed E-state index contributed by atoms with van der Waals surface area (Å²) in [5.74, 6) is -1.59. The molecule has 0 aliphatic heterocycles. The topological polar surface area (TPSA) is 66.4 Å². The van der Waals surface area contributed by atoms with E-state index in [1.165, 1.54) is 6.07 Å². The van der Waals surface area contributed by atoms with E-state index >= 15 is 0 Å². The molecule has 0 spiro atoms. The molecule has 0 atom stereocenters. The van der Waals surface area contributed by atoms with Crippen LogP contribution in [0.5, 0.6) is 0 Å². The third kappa shape index (κ3) is 4.69. The highest BCUT2D eigenvalue weighted by atomic mass is 19.1. The van der Waals surface area contributed by atoms with Gasteiger partial charge in [0.1, 0.15) is 5.82 Å². The summed E-state index contributed by atoms with van der Waals surface area (Å²) < 4.78 is 13.7. The molecule has 0 fully saturated rings. The zero-order valence-corrected chi connectivity index (χ0v) is 11.1. The first-order valence-electron chi connectivity index (χ1n) is 6.11. The summed E-state index contributed by atoms with van der Waals surface area (Å²) in [5, 5.41) is 11.2. The first-order valence-corrected chi connectivity index (χ1v) is 6.11. The predicted molar refractivity (Wildman–Crippen MR) is 69.1 cm³/mol. The largest absolute Gasteiger partial charge is 0.481 e. The highest BCUT2D eigenvalue weighted by molar-refractivity contribution is 5.77. The number of carbonyl (C=O) groups is 2. The molecule has 0 aliphatic carbocycles. The molecular weight excluding hydrogens is 249 g/mol. The van der Waals surface area contributed by atoms with Crippen LogP contribution in [0.2, 0.25) is 0 Å². The van der Waals surface area contributed by atoms with Crippen LogP contribution in [0.15, 0.2) is 24.3 Å². The third-order valence-electron chi connectivity index (χ3n) is 2.79. The third-order valence-corrected chi connectivity index (χ3v) is 2.79. The Bertz CT molecular complexity index is 472. The van der Waals surface area contributed by atoms with Gasteiger partial charge in [-0.05, 0) is 26.3 Å². The average Bonchev–Trinajstić information content (AvgIpc) is 2.27. The molecule has 5 heteroatoms. The van der Waals surface area contributed by atoms with E-state index in [1.807, 2.05) is 0 Å². The molecule has 1 amide bonds. The zero-order valence-electron chi connectivity index (χ0n) is 11.1.